The van der Waals surface area contributed by atoms with Crippen LogP contribution < -0.4 is 4.90 Å². The van der Waals surface area contributed by atoms with E-state index >= 15 is 0 Å². The lowest BCUT2D eigenvalue weighted by Crippen LogP contribution is -2.53. The van der Waals surface area contributed by atoms with E-state index in [1.165, 1.54) is 0 Å². The summed E-state index contributed by atoms with van der Waals surface area (Å²) in [6.07, 6.45) is 5.06. The van der Waals surface area contributed by atoms with Gasteiger partial charge in [0.1, 0.15) is 11.4 Å². The van der Waals surface area contributed by atoms with Crippen LogP contribution in [0.3, 0.4) is 0 Å². The van der Waals surface area contributed by atoms with Crippen LogP contribution in [-0.4, -0.2) is 71.8 Å². The topological polar surface area (TPSA) is 72.2 Å². The summed E-state index contributed by atoms with van der Waals surface area (Å²) < 4.78 is 14.7. The zero-order valence-corrected chi connectivity index (χ0v) is 24.5. The van der Waals surface area contributed by atoms with E-state index < -0.39 is 13.9 Å². The van der Waals surface area contributed by atoms with Gasteiger partial charge in [-0.25, -0.2) is 14.3 Å². The molecule has 1 atom stereocenters. The van der Waals surface area contributed by atoms with Crippen LogP contribution in [0.5, 0.6) is 0 Å². The average molecular weight is 555 g/mol. The smallest absolute Gasteiger partial charge is 0.416 e. The van der Waals surface area contributed by atoms with Crippen molar-refractivity contribution in [3.8, 4) is 0 Å². The molecule has 3 heterocycles. The van der Waals surface area contributed by atoms with Crippen LogP contribution in [0.4, 0.5) is 10.6 Å². The number of hydrogen-bond acceptors (Lipinski definition) is 6. The molecule has 10 heteroatoms. The first-order valence-electron chi connectivity index (χ1n) is 12.1. The molecule has 0 aliphatic carbocycles. The molecule has 0 unspecified atom stereocenters. The number of carbonyl (C=O) groups is 1. The van der Waals surface area contributed by atoms with Crippen molar-refractivity contribution in [1.29, 1.82) is 0 Å². The highest BCUT2D eigenvalue weighted by atomic mass is 79.9. The van der Waals surface area contributed by atoms with Crippen molar-refractivity contribution in [3.05, 3.63) is 22.9 Å². The highest BCUT2D eigenvalue weighted by molar-refractivity contribution is 9.10. The molecule has 0 N–H and O–H groups in total. The number of ether oxygens (including phenoxy) is 1. The lowest BCUT2D eigenvalue weighted by Gasteiger charge is -2.40. The number of fused-ring (bicyclic) bond motifs is 1. The molecular weight excluding hydrogens is 514 g/mol. The minimum absolute atomic E-state index is 0.0341. The van der Waals surface area contributed by atoms with E-state index in [1.807, 2.05) is 33.0 Å². The first-order chi connectivity index (χ1) is 15.7. The largest absolute Gasteiger partial charge is 0.443 e. The third-order valence-corrected chi connectivity index (χ3v) is 11.8. The maximum absolute atomic E-state index is 13.4. The number of rotatable bonds is 6. The first kappa shape index (κ1) is 27.1. The van der Waals surface area contributed by atoms with Gasteiger partial charge in [0.15, 0.2) is 14.0 Å². The van der Waals surface area contributed by atoms with Crippen LogP contribution in [0.15, 0.2) is 22.9 Å². The highest BCUT2D eigenvalue weighted by Gasteiger charge is 2.38. The van der Waals surface area contributed by atoms with E-state index in [0.717, 1.165) is 36.9 Å². The Balaban J connectivity index is 1.78. The zero-order chi connectivity index (χ0) is 25.3. The Bertz CT molecular complexity index is 999. The standard InChI is InChI=1S/C24H40BrN5O3Si/c1-23(2,3)33-22(31)30(20-11-13-29-21(27-20)19(25)16-26-29)18-10-9-12-28(17-18)14-15-32-34(7,8)24(4,5)6/h11,13,16,18H,9-10,12,14-15,17H2,1-8H3/t18-/m0/s1. The predicted molar refractivity (Wildman–Crippen MR) is 142 cm³/mol. The van der Waals surface area contributed by atoms with Crippen LogP contribution in [0.2, 0.25) is 18.1 Å². The van der Waals surface area contributed by atoms with Gasteiger partial charge in [0.25, 0.3) is 0 Å². The maximum Gasteiger partial charge on any atom is 0.416 e. The fraction of sp³-hybridized carbons (Fsp3) is 0.708. The summed E-state index contributed by atoms with van der Waals surface area (Å²) in [7, 11) is -1.78. The highest BCUT2D eigenvalue weighted by Crippen LogP contribution is 2.36. The van der Waals surface area contributed by atoms with E-state index in [-0.39, 0.29) is 17.2 Å². The monoisotopic (exact) mass is 553 g/mol. The van der Waals surface area contributed by atoms with Gasteiger partial charge in [0, 0.05) is 25.9 Å². The molecular formula is C24H40BrN5O3Si. The van der Waals surface area contributed by atoms with Crippen LogP contribution in [-0.2, 0) is 9.16 Å². The number of amides is 1. The summed E-state index contributed by atoms with van der Waals surface area (Å²) >= 11 is 3.50. The summed E-state index contributed by atoms with van der Waals surface area (Å²) in [5.41, 5.74) is 0.0728. The average Bonchev–Trinajstić information content (AvgIpc) is 3.07. The molecule has 0 spiro atoms. The third kappa shape index (κ3) is 6.59. The first-order valence-corrected chi connectivity index (χ1v) is 15.8. The molecule has 0 aromatic carbocycles. The predicted octanol–water partition coefficient (Wildman–Crippen LogP) is 5.72. The second-order valence-corrected chi connectivity index (χ2v) is 17.3. The summed E-state index contributed by atoms with van der Waals surface area (Å²) in [6.45, 7) is 20.3. The van der Waals surface area contributed by atoms with Crippen molar-refractivity contribution < 1.29 is 14.0 Å². The molecule has 190 valence electrons. The van der Waals surface area contributed by atoms with Crippen molar-refractivity contribution >= 4 is 41.8 Å². The van der Waals surface area contributed by atoms with Crippen LogP contribution in [0.1, 0.15) is 54.4 Å². The lowest BCUT2D eigenvalue weighted by molar-refractivity contribution is 0.0539. The molecule has 3 rings (SSSR count). The number of piperidine rings is 1. The number of aromatic nitrogens is 3. The maximum atomic E-state index is 13.4. The van der Waals surface area contributed by atoms with Crippen molar-refractivity contribution in [2.75, 3.05) is 31.1 Å². The van der Waals surface area contributed by atoms with Gasteiger partial charge in [-0.15, -0.1) is 0 Å². The van der Waals surface area contributed by atoms with Crippen LogP contribution in [0.25, 0.3) is 5.65 Å². The fourth-order valence-electron chi connectivity index (χ4n) is 3.80. The molecule has 8 nitrogen and oxygen atoms in total. The summed E-state index contributed by atoms with van der Waals surface area (Å²) in [5.74, 6) is 0.576. The Hall–Kier alpha value is -1.49. The molecule has 0 bridgehead atoms. The molecule has 1 saturated heterocycles. The Kier molecular flexibility index (Phi) is 8.16. The lowest BCUT2D eigenvalue weighted by atomic mass is 10.0. The van der Waals surface area contributed by atoms with Gasteiger partial charge in [0.2, 0.25) is 0 Å². The summed E-state index contributed by atoms with van der Waals surface area (Å²) in [5, 5.41) is 4.46. The Morgan fingerprint density at radius 1 is 1.26 bits per heavy atom. The molecule has 34 heavy (non-hydrogen) atoms. The Morgan fingerprint density at radius 3 is 2.62 bits per heavy atom. The molecule has 1 aliphatic heterocycles. The van der Waals surface area contributed by atoms with Gasteiger partial charge in [-0.1, -0.05) is 20.8 Å². The number of nitrogens with zero attached hydrogens (tertiary/aromatic N) is 5. The number of anilines is 1. The van der Waals surface area contributed by atoms with Crippen LogP contribution in [0, 0.1) is 0 Å². The molecule has 0 radical (unpaired) electrons. The van der Waals surface area contributed by atoms with E-state index in [0.29, 0.717) is 18.1 Å². The Morgan fingerprint density at radius 2 is 1.97 bits per heavy atom. The number of carbonyl (C=O) groups excluding carboxylic acids is 1. The van der Waals surface area contributed by atoms with E-state index in [9.17, 15) is 4.79 Å². The van der Waals surface area contributed by atoms with E-state index in [1.54, 1.807) is 15.6 Å². The normalized spacial score (nSPS) is 18.3. The number of hydrogen-bond donors (Lipinski definition) is 0. The minimum Gasteiger partial charge on any atom is -0.443 e. The van der Waals surface area contributed by atoms with Gasteiger partial charge in [-0.2, -0.15) is 5.10 Å². The van der Waals surface area contributed by atoms with Gasteiger partial charge in [-0.05, 0) is 80.3 Å². The fourth-order valence-corrected chi connectivity index (χ4v) is 5.19. The minimum atomic E-state index is -1.78. The van der Waals surface area contributed by atoms with E-state index in [2.05, 4.69) is 59.8 Å². The molecule has 1 aliphatic rings. The Labute approximate surface area is 213 Å². The molecule has 0 saturated carbocycles. The quantitative estimate of drug-likeness (QED) is 0.426. The third-order valence-electron chi connectivity index (χ3n) is 6.67. The molecule has 2 aromatic heterocycles. The number of likely N-dealkylation sites (tertiary alicyclic amines) is 1. The second kappa shape index (κ2) is 10.2. The van der Waals surface area contributed by atoms with E-state index in [4.69, 9.17) is 14.1 Å². The van der Waals surface area contributed by atoms with Crippen LogP contribution >= 0.6 is 15.9 Å². The number of halogens is 1. The molecule has 2 aromatic rings. The van der Waals surface area contributed by atoms with Gasteiger partial charge in [-0.3, -0.25) is 9.80 Å². The second-order valence-electron chi connectivity index (χ2n) is 11.6. The van der Waals surface area contributed by atoms with Crippen molar-refractivity contribution in [1.82, 2.24) is 19.5 Å². The summed E-state index contributed by atoms with van der Waals surface area (Å²) in [6, 6.07) is 1.80. The zero-order valence-electron chi connectivity index (χ0n) is 21.9. The van der Waals surface area contributed by atoms with Crippen molar-refractivity contribution in [2.24, 2.45) is 0 Å². The van der Waals surface area contributed by atoms with Gasteiger partial charge in [0.05, 0.1) is 16.7 Å². The molecule has 1 fully saturated rings. The van der Waals surface area contributed by atoms with Crippen molar-refractivity contribution in [2.45, 2.75) is 84.2 Å². The van der Waals surface area contributed by atoms with Gasteiger partial charge < -0.3 is 9.16 Å². The molecule has 1 amide bonds. The van der Waals surface area contributed by atoms with Crippen molar-refractivity contribution in [3.63, 3.8) is 0 Å². The SMILES string of the molecule is CC(C)(C)OC(=O)N(c1ccn2ncc(Br)c2n1)[C@H]1CCCN(CCO[Si](C)(C)C(C)(C)C)C1. The van der Waals surface area contributed by atoms with Gasteiger partial charge >= 0.3 is 6.09 Å². The summed E-state index contributed by atoms with van der Waals surface area (Å²) in [4.78, 5) is 22.2.